The smallest absolute Gasteiger partial charge is 0.0722 e. The molecular weight excluding hydrogens is 150 g/mol. The van der Waals surface area contributed by atoms with Gasteiger partial charge in [-0.3, -0.25) is 4.68 Å². The Kier molecular flexibility index (Phi) is 2.24. The van der Waals surface area contributed by atoms with Gasteiger partial charge in [0.05, 0.1) is 5.69 Å². The van der Waals surface area contributed by atoms with Gasteiger partial charge in [0.25, 0.3) is 0 Å². The Morgan fingerprint density at radius 2 is 2.17 bits per heavy atom. The minimum absolute atomic E-state index is 0.00859. The molecule has 0 amide bonds. The van der Waals surface area contributed by atoms with Crippen molar-refractivity contribution in [3.63, 3.8) is 0 Å². The predicted octanol–water partition coefficient (Wildman–Crippen LogP) is 0.965. The summed E-state index contributed by atoms with van der Waals surface area (Å²) in [6.45, 7) is 6.93. The molecule has 0 saturated carbocycles. The fourth-order valence-corrected chi connectivity index (χ4v) is 1.37. The van der Waals surface area contributed by atoms with Gasteiger partial charge in [0, 0.05) is 25.2 Å². The Hall–Kier alpha value is -0.830. The Bertz CT molecular complexity index is 273. The van der Waals surface area contributed by atoms with Crippen molar-refractivity contribution in [2.75, 3.05) is 6.54 Å². The molecule has 1 aromatic rings. The fraction of sp³-hybridized carbons (Fsp3) is 0.667. The lowest BCUT2D eigenvalue weighted by Crippen LogP contribution is -2.29. The number of hydrogen-bond acceptors (Lipinski definition) is 2. The van der Waals surface area contributed by atoms with Crippen LogP contribution in [0.5, 0.6) is 0 Å². The van der Waals surface area contributed by atoms with Crippen molar-refractivity contribution in [1.82, 2.24) is 9.78 Å². The van der Waals surface area contributed by atoms with Crippen molar-refractivity contribution in [2.24, 2.45) is 12.8 Å². The maximum Gasteiger partial charge on any atom is 0.0722 e. The highest BCUT2D eigenvalue weighted by atomic mass is 15.3. The van der Waals surface area contributed by atoms with E-state index in [4.69, 9.17) is 5.73 Å². The third-order valence-electron chi connectivity index (χ3n) is 2.16. The molecule has 0 saturated heterocycles. The number of rotatable bonds is 2. The van der Waals surface area contributed by atoms with Gasteiger partial charge in [0.15, 0.2) is 0 Å². The molecule has 3 heteroatoms. The summed E-state index contributed by atoms with van der Waals surface area (Å²) in [5.41, 5.74) is 7.98. The summed E-state index contributed by atoms with van der Waals surface area (Å²) in [5, 5.41) is 4.39. The highest BCUT2D eigenvalue weighted by molar-refractivity contribution is 5.23. The van der Waals surface area contributed by atoms with Crippen molar-refractivity contribution >= 4 is 0 Å². The molecule has 3 nitrogen and oxygen atoms in total. The van der Waals surface area contributed by atoms with Crippen LogP contribution in [0.3, 0.4) is 0 Å². The molecule has 68 valence electrons. The van der Waals surface area contributed by atoms with Gasteiger partial charge in [0.1, 0.15) is 0 Å². The number of nitrogens with zero attached hydrogens (tertiary/aromatic N) is 2. The molecule has 0 bridgehead atoms. The first-order valence-electron chi connectivity index (χ1n) is 4.18. The molecule has 0 atom stereocenters. The van der Waals surface area contributed by atoms with Crippen LogP contribution in [0, 0.1) is 6.92 Å². The Morgan fingerprint density at radius 1 is 1.58 bits per heavy atom. The largest absolute Gasteiger partial charge is 0.330 e. The van der Waals surface area contributed by atoms with Crippen LogP contribution in [-0.4, -0.2) is 16.3 Å². The second kappa shape index (κ2) is 2.90. The van der Waals surface area contributed by atoms with E-state index >= 15 is 0 Å². The standard InChI is InChI=1S/C9H17N3/c1-7-5-12(4)11-8(7)9(2,3)6-10/h5H,6,10H2,1-4H3. The van der Waals surface area contributed by atoms with E-state index in [0.717, 1.165) is 5.69 Å². The van der Waals surface area contributed by atoms with E-state index in [1.54, 1.807) is 0 Å². The molecule has 12 heavy (non-hydrogen) atoms. The van der Waals surface area contributed by atoms with Crippen LogP contribution in [0.4, 0.5) is 0 Å². The molecule has 1 rings (SSSR count). The summed E-state index contributed by atoms with van der Waals surface area (Å²) < 4.78 is 1.84. The molecule has 1 aromatic heterocycles. The van der Waals surface area contributed by atoms with E-state index in [-0.39, 0.29) is 5.41 Å². The zero-order chi connectivity index (χ0) is 9.35. The third kappa shape index (κ3) is 1.50. The third-order valence-corrected chi connectivity index (χ3v) is 2.16. The predicted molar refractivity (Wildman–Crippen MR) is 50.0 cm³/mol. The van der Waals surface area contributed by atoms with E-state index < -0.39 is 0 Å². The summed E-state index contributed by atoms with van der Waals surface area (Å²) in [4.78, 5) is 0. The maximum atomic E-state index is 5.67. The Balaban J connectivity index is 3.09. The molecule has 0 fully saturated rings. The molecule has 0 aromatic carbocycles. The van der Waals surface area contributed by atoms with Gasteiger partial charge in [-0.15, -0.1) is 0 Å². The van der Waals surface area contributed by atoms with E-state index in [2.05, 4.69) is 25.9 Å². The van der Waals surface area contributed by atoms with E-state index in [1.807, 2.05) is 17.9 Å². The maximum absolute atomic E-state index is 5.67. The zero-order valence-corrected chi connectivity index (χ0v) is 8.26. The van der Waals surface area contributed by atoms with E-state index in [1.165, 1.54) is 5.56 Å². The van der Waals surface area contributed by atoms with Gasteiger partial charge >= 0.3 is 0 Å². The SMILES string of the molecule is Cc1cn(C)nc1C(C)(C)CN. The summed E-state index contributed by atoms with van der Waals surface area (Å²) in [6, 6.07) is 0. The van der Waals surface area contributed by atoms with Crippen LogP contribution in [0.15, 0.2) is 6.20 Å². The average Bonchev–Trinajstić information content (AvgIpc) is 2.31. The summed E-state index contributed by atoms with van der Waals surface area (Å²) >= 11 is 0. The monoisotopic (exact) mass is 167 g/mol. The highest BCUT2D eigenvalue weighted by Crippen LogP contribution is 2.22. The second-order valence-corrected chi connectivity index (χ2v) is 3.92. The number of nitrogens with two attached hydrogens (primary N) is 1. The van der Waals surface area contributed by atoms with Crippen LogP contribution >= 0.6 is 0 Å². The van der Waals surface area contributed by atoms with Crippen LogP contribution in [-0.2, 0) is 12.5 Å². The first kappa shape index (κ1) is 9.26. The van der Waals surface area contributed by atoms with Gasteiger partial charge in [0.2, 0.25) is 0 Å². The average molecular weight is 167 g/mol. The van der Waals surface area contributed by atoms with Gasteiger partial charge < -0.3 is 5.73 Å². The van der Waals surface area contributed by atoms with Crippen molar-refractivity contribution in [3.8, 4) is 0 Å². The molecule has 0 aliphatic heterocycles. The zero-order valence-electron chi connectivity index (χ0n) is 8.26. The van der Waals surface area contributed by atoms with Gasteiger partial charge in [-0.25, -0.2) is 0 Å². The van der Waals surface area contributed by atoms with Crippen molar-refractivity contribution in [3.05, 3.63) is 17.5 Å². The topological polar surface area (TPSA) is 43.8 Å². The minimum atomic E-state index is -0.00859. The number of aromatic nitrogens is 2. The lowest BCUT2D eigenvalue weighted by Gasteiger charge is -2.20. The second-order valence-electron chi connectivity index (χ2n) is 3.92. The molecule has 2 N–H and O–H groups in total. The first-order valence-corrected chi connectivity index (χ1v) is 4.18. The number of hydrogen-bond donors (Lipinski definition) is 1. The highest BCUT2D eigenvalue weighted by Gasteiger charge is 2.23. The van der Waals surface area contributed by atoms with Crippen LogP contribution < -0.4 is 5.73 Å². The van der Waals surface area contributed by atoms with Crippen LogP contribution in [0.25, 0.3) is 0 Å². The lowest BCUT2D eigenvalue weighted by molar-refractivity contribution is 0.509. The molecule has 0 spiro atoms. The minimum Gasteiger partial charge on any atom is -0.330 e. The molecular formula is C9H17N3. The van der Waals surface area contributed by atoms with Crippen LogP contribution in [0.2, 0.25) is 0 Å². The molecule has 0 unspecified atom stereocenters. The summed E-state index contributed by atoms with van der Waals surface area (Å²) in [6.07, 6.45) is 2.02. The van der Waals surface area contributed by atoms with Crippen LogP contribution in [0.1, 0.15) is 25.1 Å². The van der Waals surface area contributed by atoms with Gasteiger partial charge in [-0.05, 0) is 12.5 Å². The van der Waals surface area contributed by atoms with Crippen molar-refractivity contribution < 1.29 is 0 Å². The molecule has 0 aliphatic carbocycles. The summed E-state index contributed by atoms with van der Waals surface area (Å²) in [5.74, 6) is 0. The molecule has 0 radical (unpaired) electrons. The number of aryl methyl sites for hydroxylation is 2. The lowest BCUT2D eigenvalue weighted by atomic mass is 9.88. The first-order chi connectivity index (χ1) is 5.47. The quantitative estimate of drug-likeness (QED) is 0.713. The van der Waals surface area contributed by atoms with Gasteiger partial charge in [-0.1, -0.05) is 13.8 Å². The fourth-order valence-electron chi connectivity index (χ4n) is 1.37. The molecule has 1 heterocycles. The molecule has 0 aliphatic rings. The van der Waals surface area contributed by atoms with Crippen molar-refractivity contribution in [2.45, 2.75) is 26.2 Å². The summed E-state index contributed by atoms with van der Waals surface area (Å²) in [7, 11) is 1.93. The van der Waals surface area contributed by atoms with Gasteiger partial charge in [-0.2, -0.15) is 5.10 Å². The van der Waals surface area contributed by atoms with E-state index in [0.29, 0.717) is 6.54 Å². The normalized spacial score (nSPS) is 12.1. The Morgan fingerprint density at radius 3 is 2.50 bits per heavy atom. The van der Waals surface area contributed by atoms with E-state index in [9.17, 15) is 0 Å². The Labute approximate surface area is 73.6 Å². The van der Waals surface area contributed by atoms with Crippen molar-refractivity contribution in [1.29, 1.82) is 0 Å².